The highest BCUT2D eigenvalue weighted by atomic mass is 16.7. The van der Waals surface area contributed by atoms with Crippen molar-refractivity contribution >= 4 is 0 Å². The van der Waals surface area contributed by atoms with E-state index in [1.807, 2.05) is 0 Å². The summed E-state index contributed by atoms with van der Waals surface area (Å²) in [6, 6.07) is 0. The van der Waals surface area contributed by atoms with E-state index in [2.05, 4.69) is 76.3 Å². The van der Waals surface area contributed by atoms with E-state index >= 15 is 0 Å². The number of unbranched alkanes of at least 4 members (excludes halogenated alkanes) is 10. The van der Waals surface area contributed by atoms with Crippen molar-refractivity contribution in [1.82, 2.24) is 0 Å². The zero-order chi connectivity index (χ0) is 28.5. The van der Waals surface area contributed by atoms with Crippen molar-refractivity contribution in [3.63, 3.8) is 0 Å². The Balaban J connectivity index is 4.08. The molecule has 3 heteroatoms. The van der Waals surface area contributed by atoms with Crippen LogP contribution in [0.5, 0.6) is 0 Å². The normalized spacial score (nSPS) is 14.1. The number of hydrogen-bond donors (Lipinski definition) is 0. The molecule has 0 bridgehead atoms. The first-order valence-electron chi connectivity index (χ1n) is 16.7. The summed E-state index contributed by atoms with van der Waals surface area (Å²) in [6.07, 6.45) is 42.5. The zero-order valence-electron chi connectivity index (χ0n) is 26.6. The van der Waals surface area contributed by atoms with Crippen molar-refractivity contribution < 1.29 is 14.2 Å². The molecule has 0 saturated heterocycles. The fourth-order valence-electron chi connectivity index (χ4n) is 4.42. The van der Waals surface area contributed by atoms with Gasteiger partial charge in [-0.25, -0.2) is 0 Å². The van der Waals surface area contributed by atoms with Gasteiger partial charge in [-0.3, -0.25) is 0 Å². The number of rotatable bonds is 30. The molecule has 0 radical (unpaired) electrons. The van der Waals surface area contributed by atoms with Crippen LogP contribution in [0.4, 0.5) is 0 Å². The van der Waals surface area contributed by atoms with Crippen LogP contribution >= 0.6 is 0 Å². The van der Waals surface area contributed by atoms with E-state index < -0.39 is 0 Å². The molecule has 0 amide bonds. The zero-order valence-corrected chi connectivity index (χ0v) is 26.6. The fraction of sp³-hybridized carbons (Fsp3) is 0.778. The van der Waals surface area contributed by atoms with E-state index in [1.165, 1.54) is 89.9 Å². The van der Waals surface area contributed by atoms with E-state index in [0.717, 1.165) is 38.5 Å². The first-order valence-corrected chi connectivity index (χ1v) is 16.7. The summed E-state index contributed by atoms with van der Waals surface area (Å²) < 4.78 is 18.0. The molecule has 0 rings (SSSR count). The Bertz CT molecular complexity index is 528. The standard InChI is InChI=1S/C36H66O3/c1-5-9-13-15-17-19-21-23-25-27-31-35(29-11-7-3)38-33-37-34-39-36(30-12-8-4)32-28-26-24-22-20-18-16-14-10-6-2/h15-22,35-36H,5-14,23-34H2,1-4H3. The number of ether oxygens (including phenoxy) is 3. The Morgan fingerprint density at radius 2 is 0.744 bits per heavy atom. The van der Waals surface area contributed by atoms with Gasteiger partial charge in [-0.1, -0.05) is 141 Å². The molecular weight excluding hydrogens is 480 g/mol. The molecule has 2 unspecified atom stereocenters. The second-order valence-electron chi connectivity index (χ2n) is 10.9. The second kappa shape index (κ2) is 33.0. The fourth-order valence-corrected chi connectivity index (χ4v) is 4.42. The highest BCUT2D eigenvalue weighted by Crippen LogP contribution is 2.16. The van der Waals surface area contributed by atoms with Crippen LogP contribution in [0.3, 0.4) is 0 Å². The monoisotopic (exact) mass is 547 g/mol. The minimum absolute atomic E-state index is 0.299. The van der Waals surface area contributed by atoms with Crippen molar-refractivity contribution in [2.24, 2.45) is 0 Å². The molecule has 0 N–H and O–H groups in total. The molecule has 2 atom stereocenters. The Labute approximate surface area is 244 Å². The highest BCUT2D eigenvalue weighted by Gasteiger charge is 2.11. The van der Waals surface area contributed by atoms with Gasteiger partial charge in [-0.05, 0) is 64.2 Å². The maximum absolute atomic E-state index is 6.11. The molecule has 0 aromatic rings. The lowest BCUT2D eigenvalue weighted by Gasteiger charge is -2.20. The van der Waals surface area contributed by atoms with Gasteiger partial charge in [0.25, 0.3) is 0 Å². The van der Waals surface area contributed by atoms with E-state index in [1.54, 1.807) is 0 Å². The Kier molecular flexibility index (Phi) is 32.1. The third-order valence-electron chi connectivity index (χ3n) is 7.04. The van der Waals surface area contributed by atoms with Crippen LogP contribution in [-0.4, -0.2) is 25.8 Å². The van der Waals surface area contributed by atoms with Crippen molar-refractivity contribution in [2.75, 3.05) is 13.6 Å². The summed E-state index contributed by atoms with van der Waals surface area (Å²) in [6.45, 7) is 9.66. The van der Waals surface area contributed by atoms with Gasteiger partial charge in [0.05, 0.1) is 12.2 Å². The van der Waals surface area contributed by atoms with Gasteiger partial charge >= 0.3 is 0 Å². The largest absolute Gasteiger partial charge is 0.352 e. The van der Waals surface area contributed by atoms with Crippen LogP contribution < -0.4 is 0 Å². The summed E-state index contributed by atoms with van der Waals surface area (Å²) in [7, 11) is 0. The molecular formula is C36H66O3. The average Bonchev–Trinajstić information content (AvgIpc) is 2.95. The molecule has 228 valence electrons. The average molecular weight is 547 g/mol. The Morgan fingerprint density at radius 1 is 0.410 bits per heavy atom. The lowest BCUT2D eigenvalue weighted by molar-refractivity contribution is -0.168. The van der Waals surface area contributed by atoms with Gasteiger partial charge in [-0.15, -0.1) is 0 Å². The summed E-state index contributed by atoms with van der Waals surface area (Å²) in [5.41, 5.74) is 0. The number of allylic oxidation sites excluding steroid dienone is 8. The highest BCUT2D eigenvalue weighted by molar-refractivity contribution is 5.02. The minimum atomic E-state index is 0.299. The van der Waals surface area contributed by atoms with Gasteiger partial charge in [0, 0.05) is 0 Å². The molecule has 0 heterocycles. The molecule has 0 saturated carbocycles. The number of hydrogen-bond acceptors (Lipinski definition) is 3. The molecule has 0 aliphatic heterocycles. The predicted molar refractivity (Wildman–Crippen MR) is 172 cm³/mol. The van der Waals surface area contributed by atoms with Gasteiger partial charge in [-0.2, -0.15) is 0 Å². The first-order chi connectivity index (χ1) is 19.3. The molecule has 0 fully saturated rings. The Morgan fingerprint density at radius 3 is 1.10 bits per heavy atom. The van der Waals surface area contributed by atoms with Crippen molar-refractivity contribution in [2.45, 2.75) is 168 Å². The second-order valence-corrected chi connectivity index (χ2v) is 10.9. The maximum atomic E-state index is 6.11. The maximum Gasteiger partial charge on any atom is 0.149 e. The lowest BCUT2D eigenvalue weighted by Crippen LogP contribution is -2.19. The Hall–Kier alpha value is -1.16. The van der Waals surface area contributed by atoms with Crippen LogP contribution in [0.2, 0.25) is 0 Å². The molecule has 39 heavy (non-hydrogen) atoms. The van der Waals surface area contributed by atoms with E-state index in [4.69, 9.17) is 14.2 Å². The quantitative estimate of drug-likeness (QED) is 0.0509. The first kappa shape index (κ1) is 37.8. The SMILES string of the molecule is CCCCC=CC=CCCCCC(CCCC)OCOCOC(CCCC)CCCCC=CC=CCCCC. The van der Waals surface area contributed by atoms with Crippen molar-refractivity contribution in [3.05, 3.63) is 48.6 Å². The van der Waals surface area contributed by atoms with E-state index in [0.29, 0.717) is 25.8 Å². The van der Waals surface area contributed by atoms with Gasteiger partial charge in [0.1, 0.15) is 13.6 Å². The smallest absolute Gasteiger partial charge is 0.149 e. The minimum Gasteiger partial charge on any atom is -0.352 e. The van der Waals surface area contributed by atoms with Crippen LogP contribution in [0, 0.1) is 0 Å². The van der Waals surface area contributed by atoms with Crippen molar-refractivity contribution in [3.8, 4) is 0 Å². The van der Waals surface area contributed by atoms with Crippen LogP contribution in [-0.2, 0) is 14.2 Å². The van der Waals surface area contributed by atoms with Gasteiger partial charge in [0.15, 0.2) is 0 Å². The van der Waals surface area contributed by atoms with Gasteiger partial charge < -0.3 is 14.2 Å². The summed E-state index contributed by atoms with van der Waals surface area (Å²) in [4.78, 5) is 0. The van der Waals surface area contributed by atoms with Crippen LogP contribution in [0.15, 0.2) is 48.6 Å². The summed E-state index contributed by atoms with van der Waals surface area (Å²) in [5, 5.41) is 0. The lowest BCUT2D eigenvalue weighted by atomic mass is 10.0. The third kappa shape index (κ3) is 29.6. The topological polar surface area (TPSA) is 27.7 Å². The molecule has 0 aromatic carbocycles. The van der Waals surface area contributed by atoms with E-state index in [-0.39, 0.29) is 0 Å². The van der Waals surface area contributed by atoms with Crippen LogP contribution in [0.25, 0.3) is 0 Å². The molecule has 0 aliphatic rings. The summed E-state index contributed by atoms with van der Waals surface area (Å²) in [5.74, 6) is 0. The third-order valence-corrected chi connectivity index (χ3v) is 7.04. The van der Waals surface area contributed by atoms with E-state index in [9.17, 15) is 0 Å². The predicted octanol–water partition coefficient (Wildman–Crippen LogP) is 11.8. The van der Waals surface area contributed by atoms with Gasteiger partial charge in [0.2, 0.25) is 0 Å². The summed E-state index contributed by atoms with van der Waals surface area (Å²) >= 11 is 0. The molecule has 3 nitrogen and oxygen atoms in total. The van der Waals surface area contributed by atoms with Crippen LogP contribution in [0.1, 0.15) is 156 Å². The molecule has 0 spiro atoms. The molecule has 0 aromatic heterocycles. The molecule has 0 aliphatic carbocycles. The van der Waals surface area contributed by atoms with Crippen molar-refractivity contribution in [1.29, 1.82) is 0 Å².